The number of nitriles is 1. The lowest BCUT2D eigenvalue weighted by Crippen LogP contribution is -2.20. The minimum Gasteiger partial charge on any atom is -0.452 e. The molecular weight excluding hydrogens is 280 g/mol. The summed E-state index contributed by atoms with van der Waals surface area (Å²) in [5, 5.41) is 11.5. The van der Waals surface area contributed by atoms with Crippen LogP contribution in [0.5, 0.6) is 0 Å². The van der Waals surface area contributed by atoms with Crippen LogP contribution in [0.15, 0.2) is 29.8 Å². The van der Waals surface area contributed by atoms with E-state index >= 15 is 0 Å². The maximum atomic E-state index is 11.6. The predicted molar refractivity (Wildman–Crippen MR) is 75.2 cm³/mol. The van der Waals surface area contributed by atoms with Crippen molar-refractivity contribution < 1.29 is 14.3 Å². The maximum absolute atomic E-state index is 11.6. The number of allylic oxidation sites excluding steroid dienone is 1. The fraction of sp³-hybridized carbons (Fsp3) is 0.214. The molecule has 1 aromatic carbocycles. The summed E-state index contributed by atoms with van der Waals surface area (Å²) in [5.41, 5.74) is 1.53. The highest BCUT2D eigenvalue weighted by molar-refractivity contribution is 6.32. The van der Waals surface area contributed by atoms with Crippen LogP contribution < -0.4 is 5.32 Å². The first-order chi connectivity index (χ1) is 9.42. The van der Waals surface area contributed by atoms with E-state index in [9.17, 15) is 9.59 Å². The van der Waals surface area contributed by atoms with Crippen LogP contribution in [0.25, 0.3) is 0 Å². The van der Waals surface area contributed by atoms with Crippen molar-refractivity contribution in [3.63, 3.8) is 0 Å². The highest BCUT2D eigenvalue weighted by atomic mass is 35.5. The molecule has 0 heterocycles. The number of nitrogens with zero attached hydrogens (tertiary/aromatic N) is 1. The van der Waals surface area contributed by atoms with Crippen molar-refractivity contribution in [2.45, 2.75) is 13.8 Å². The lowest BCUT2D eigenvalue weighted by molar-refractivity contribution is -0.142. The molecule has 0 aliphatic heterocycles. The Hall–Kier alpha value is -2.32. The third-order valence-corrected chi connectivity index (χ3v) is 2.44. The van der Waals surface area contributed by atoms with Crippen LogP contribution in [0.3, 0.4) is 0 Å². The first-order valence-corrected chi connectivity index (χ1v) is 6.11. The van der Waals surface area contributed by atoms with E-state index in [1.54, 1.807) is 19.9 Å². The van der Waals surface area contributed by atoms with E-state index in [1.165, 1.54) is 18.2 Å². The normalized spacial score (nSPS) is 9.30. The number of benzene rings is 1. The van der Waals surface area contributed by atoms with Crippen LogP contribution in [0.2, 0.25) is 5.02 Å². The summed E-state index contributed by atoms with van der Waals surface area (Å²) in [4.78, 5) is 22.8. The molecule has 0 fully saturated rings. The number of carbonyl (C=O) groups is 2. The zero-order valence-electron chi connectivity index (χ0n) is 11.1. The molecule has 20 heavy (non-hydrogen) atoms. The van der Waals surface area contributed by atoms with E-state index < -0.39 is 11.9 Å². The van der Waals surface area contributed by atoms with Crippen LogP contribution in [0.4, 0.5) is 5.69 Å². The van der Waals surface area contributed by atoms with Crippen molar-refractivity contribution in [2.75, 3.05) is 11.9 Å². The molecule has 6 heteroatoms. The maximum Gasteiger partial charge on any atom is 0.331 e. The lowest BCUT2D eigenvalue weighted by Gasteiger charge is -2.06. The quantitative estimate of drug-likeness (QED) is 0.683. The van der Waals surface area contributed by atoms with Gasteiger partial charge in [-0.25, -0.2) is 4.79 Å². The SMILES string of the molecule is CC(C)=CC(=O)OCC(=O)Nc1ccc(C#N)c(Cl)c1. The molecule has 1 aromatic rings. The highest BCUT2D eigenvalue weighted by Gasteiger charge is 2.07. The number of ether oxygens (including phenoxy) is 1. The Morgan fingerprint density at radius 3 is 2.70 bits per heavy atom. The molecule has 1 amide bonds. The van der Waals surface area contributed by atoms with Crippen molar-refractivity contribution in [2.24, 2.45) is 0 Å². The van der Waals surface area contributed by atoms with Crippen molar-refractivity contribution in [1.29, 1.82) is 5.26 Å². The molecule has 0 radical (unpaired) electrons. The standard InChI is InChI=1S/C14H13ClN2O3/c1-9(2)5-14(19)20-8-13(18)17-11-4-3-10(7-16)12(15)6-11/h3-6H,8H2,1-2H3,(H,17,18). The van der Waals surface area contributed by atoms with Gasteiger partial charge >= 0.3 is 5.97 Å². The average molecular weight is 293 g/mol. The molecular formula is C14H13ClN2O3. The fourth-order valence-electron chi connectivity index (χ4n) is 1.29. The van der Waals surface area contributed by atoms with Crippen LogP contribution in [-0.2, 0) is 14.3 Å². The van der Waals surface area contributed by atoms with Crippen molar-refractivity contribution in [3.8, 4) is 6.07 Å². The van der Waals surface area contributed by atoms with Crippen molar-refractivity contribution in [3.05, 3.63) is 40.4 Å². The van der Waals surface area contributed by atoms with Gasteiger partial charge in [-0.3, -0.25) is 4.79 Å². The van der Waals surface area contributed by atoms with Crippen LogP contribution in [-0.4, -0.2) is 18.5 Å². The van der Waals surface area contributed by atoms with E-state index in [0.717, 1.165) is 5.57 Å². The van der Waals surface area contributed by atoms with Gasteiger partial charge in [-0.2, -0.15) is 5.26 Å². The minimum atomic E-state index is -0.571. The van der Waals surface area contributed by atoms with Gasteiger partial charge in [0.15, 0.2) is 6.61 Å². The summed E-state index contributed by atoms with van der Waals surface area (Å²) in [7, 11) is 0. The average Bonchev–Trinajstić information content (AvgIpc) is 2.36. The van der Waals surface area contributed by atoms with E-state index in [1.807, 2.05) is 6.07 Å². The van der Waals surface area contributed by atoms with Gasteiger partial charge in [0.1, 0.15) is 6.07 Å². The van der Waals surface area contributed by atoms with Crippen LogP contribution >= 0.6 is 11.6 Å². The summed E-state index contributed by atoms with van der Waals surface area (Å²) in [5.74, 6) is -1.06. The molecule has 5 nitrogen and oxygen atoms in total. The van der Waals surface area contributed by atoms with Gasteiger partial charge in [0.2, 0.25) is 0 Å². The Bertz CT molecular complexity index is 599. The van der Waals surface area contributed by atoms with Gasteiger partial charge in [0, 0.05) is 11.8 Å². The van der Waals surface area contributed by atoms with Gasteiger partial charge in [0.25, 0.3) is 5.91 Å². The number of anilines is 1. The Balaban J connectivity index is 2.55. The molecule has 0 aliphatic carbocycles. The highest BCUT2D eigenvalue weighted by Crippen LogP contribution is 2.20. The minimum absolute atomic E-state index is 0.242. The molecule has 0 unspecified atom stereocenters. The predicted octanol–water partition coefficient (Wildman–Crippen LogP) is 2.66. The lowest BCUT2D eigenvalue weighted by atomic mass is 10.2. The van der Waals surface area contributed by atoms with E-state index in [0.29, 0.717) is 11.3 Å². The fourth-order valence-corrected chi connectivity index (χ4v) is 1.52. The summed E-state index contributed by atoms with van der Waals surface area (Å²) >= 11 is 5.83. The molecule has 0 saturated heterocycles. The third kappa shape index (κ3) is 5.12. The number of nitrogens with one attached hydrogen (secondary N) is 1. The number of hydrogen-bond donors (Lipinski definition) is 1. The molecule has 0 spiro atoms. The zero-order chi connectivity index (χ0) is 15.1. The second-order valence-electron chi connectivity index (χ2n) is 4.18. The summed E-state index contributed by atoms with van der Waals surface area (Å²) in [6.45, 7) is 3.11. The van der Waals surface area contributed by atoms with Crippen molar-refractivity contribution >= 4 is 29.2 Å². The number of halogens is 1. The monoisotopic (exact) mass is 292 g/mol. The number of carbonyl (C=O) groups excluding carboxylic acids is 2. The zero-order valence-corrected chi connectivity index (χ0v) is 11.8. The van der Waals surface area contributed by atoms with Gasteiger partial charge < -0.3 is 10.1 Å². The van der Waals surface area contributed by atoms with Gasteiger partial charge in [0.05, 0.1) is 10.6 Å². The molecule has 0 atom stereocenters. The first-order valence-electron chi connectivity index (χ1n) is 5.73. The first kappa shape index (κ1) is 15.7. The Morgan fingerprint density at radius 2 is 2.15 bits per heavy atom. The van der Waals surface area contributed by atoms with Crippen molar-refractivity contribution in [1.82, 2.24) is 0 Å². The topological polar surface area (TPSA) is 79.2 Å². The number of esters is 1. The Kier molecular flexibility index (Phi) is 5.75. The number of rotatable bonds is 4. The Morgan fingerprint density at radius 1 is 1.45 bits per heavy atom. The third-order valence-electron chi connectivity index (χ3n) is 2.13. The second kappa shape index (κ2) is 7.31. The molecule has 104 valence electrons. The smallest absolute Gasteiger partial charge is 0.331 e. The number of hydrogen-bond acceptors (Lipinski definition) is 4. The number of amides is 1. The van der Waals surface area contributed by atoms with Gasteiger partial charge in [-0.15, -0.1) is 0 Å². The molecule has 1 rings (SSSR count). The summed E-state index contributed by atoms with van der Waals surface area (Å²) < 4.78 is 4.75. The molecule has 0 saturated carbocycles. The van der Waals surface area contributed by atoms with E-state index in [4.69, 9.17) is 21.6 Å². The van der Waals surface area contributed by atoms with E-state index in [-0.39, 0.29) is 11.6 Å². The van der Waals surface area contributed by atoms with Crippen LogP contribution in [0.1, 0.15) is 19.4 Å². The summed E-state index contributed by atoms with van der Waals surface area (Å²) in [6, 6.07) is 6.40. The second-order valence-corrected chi connectivity index (χ2v) is 4.59. The molecule has 0 aliphatic rings. The van der Waals surface area contributed by atoms with E-state index in [2.05, 4.69) is 5.32 Å². The molecule has 0 bridgehead atoms. The van der Waals surface area contributed by atoms with Crippen LogP contribution in [0, 0.1) is 11.3 Å². The molecule has 0 aromatic heterocycles. The molecule has 1 N–H and O–H groups in total. The summed E-state index contributed by atoms with van der Waals surface area (Å²) in [6.07, 6.45) is 1.30. The van der Waals surface area contributed by atoms with Gasteiger partial charge in [-0.05, 0) is 32.0 Å². The van der Waals surface area contributed by atoms with Gasteiger partial charge in [-0.1, -0.05) is 17.2 Å². The largest absolute Gasteiger partial charge is 0.452 e. The Labute approximate surface area is 121 Å².